The summed E-state index contributed by atoms with van der Waals surface area (Å²) >= 11 is 0. The first kappa shape index (κ1) is 14.6. The first-order valence-corrected chi connectivity index (χ1v) is 8.89. The summed E-state index contributed by atoms with van der Waals surface area (Å²) in [5.41, 5.74) is 0.938. The molecule has 22 heavy (non-hydrogen) atoms. The summed E-state index contributed by atoms with van der Waals surface area (Å²) in [6.45, 7) is 2.36. The van der Waals surface area contributed by atoms with E-state index in [0.717, 1.165) is 44.9 Å². The molecule has 3 saturated carbocycles. The summed E-state index contributed by atoms with van der Waals surface area (Å²) in [6.07, 6.45) is 9.06. The molecule has 0 heterocycles. The Morgan fingerprint density at radius 2 is 1.91 bits per heavy atom. The summed E-state index contributed by atoms with van der Waals surface area (Å²) in [5.74, 6) is 2.22. The quantitative estimate of drug-likeness (QED) is 0.810. The lowest BCUT2D eigenvalue weighted by Gasteiger charge is -2.57. The van der Waals surface area contributed by atoms with Gasteiger partial charge >= 0.3 is 0 Å². The van der Waals surface area contributed by atoms with Gasteiger partial charge in [-0.1, -0.05) is 12.5 Å². The van der Waals surface area contributed by atoms with Gasteiger partial charge in [0.2, 0.25) is 0 Å². The molecule has 4 rings (SSSR count). The predicted octanol–water partition coefficient (Wildman–Crippen LogP) is 3.06. The zero-order chi connectivity index (χ0) is 15.5. The lowest BCUT2D eigenvalue weighted by molar-refractivity contribution is -0.134. The largest absolute Gasteiger partial charge is 0.395 e. The highest BCUT2D eigenvalue weighted by Crippen LogP contribution is 2.64. The van der Waals surface area contributed by atoms with Crippen molar-refractivity contribution in [3.05, 3.63) is 11.6 Å². The van der Waals surface area contributed by atoms with Crippen LogP contribution >= 0.6 is 0 Å². The second kappa shape index (κ2) is 4.77. The number of fused-ring (bicyclic) bond motifs is 5. The number of Topliss-reactive ketones (excluding diaryl/α,β-unsaturated/α-hetero) is 1. The number of aliphatic hydroxyl groups is 1. The Labute approximate surface area is 132 Å². The molecule has 120 valence electrons. The van der Waals surface area contributed by atoms with Crippen molar-refractivity contribution in [1.29, 1.82) is 0 Å². The Hall–Kier alpha value is -0.960. The van der Waals surface area contributed by atoms with E-state index in [-0.39, 0.29) is 23.2 Å². The lowest BCUT2D eigenvalue weighted by Crippen LogP contribution is -2.53. The van der Waals surface area contributed by atoms with E-state index in [1.165, 1.54) is 5.57 Å². The number of carbonyl (C=O) groups is 2. The number of rotatable bonds is 1. The van der Waals surface area contributed by atoms with Crippen molar-refractivity contribution in [1.82, 2.24) is 0 Å². The molecule has 0 saturated heterocycles. The second-order valence-corrected chi connectivity index (χ2v) is 8.28. The van der Waals surface area contributed by atoms with E-state index in [2.05, 4.69) is 6.92 Å². The normalized spacial score (nSPS) is 47.5. The third-order valence-corrected chi connectivity index (χ3v) is 7.68. The molecule has 4 aliphatic rings. The van der Waals surface area contributed by atoms with Crippen LogP contribution in [0.2, 0.25) is 0 Å². The molecule has 3 heteroatoms. The molecular weight excluding hydrogens is 276 g/mol. The molecule has 0 spiro atoms. The van der Waals surface area contributed by atoms with Crippen molar-refractivity contribution < 1.29 is 14.7 Å². The van der Waals surface area contributed by atoms with Crippen LogP contribution in [0.25, 0.3) is 0 Å². The van der Waals surface area contributed by atoms with Crippen LogP contribution in [-0.2, 0) is 9.59 Å². The van der Waals surface area contributed by atoms with Gasteiger partial charge in [0.15, 0.2) is 5.78 Å². The Bertz CT molecular complexity index is 563. The average Bonchev–Trinajstić information content (AvgIpc) is 2.82. The van der Waals surface area contributed by atoms with Crippen molar-refractivity contribution in [2.45, 2.75) is 58.3 Å². The molecule has 0 bridgehead atoms. The van der Waals surface area contributed by atoms with Crippen LogP contribution in [0.3, 0.4) is 0 Å². The summed E-state index contributed by atoms with van der Waals surface area (Å²) < 4.78 is 0. The van der Waals surface area contributed by atoms with Crippen LogP contribution in [0.4, 0.5) is 0 Å². The van der Waals surface area contributed by atoms with Gasteiger partial charge in [0.25, 0.3) is 0 Å². The van der Waals surface area contributed by atoms with Crippen LogP contribution in [0.1, 0.15) is 58.3 Å². The fourth-order valence-corrected chi connectivity index (χ4v) is 6.43. The van der Waals surface area contributed by atoms with Crippen molar-refractivity contribution in [2.24, 2.45) is 28.6 Å². The highest BCUT2D eigenvalue weighted by atomic mass is 16.3. The molecule has 1 N–H and O–H groups in total. The van der Waals surface area contributed by atoms with E-state index in [0.29, 0.717) is 30.0 Å². The Morgan fingerprint density at radius 1 is 1.09 bits per heavy atom. The van der Waals surface area contributed by atoms with Crippen molar-refractivity contribution in [2.75, 3.05) is 6.61 Å². The fourth-order valence-electron chi connectivity index (χ4n) is 6.43. The maximum absolute atomic E-state index is 12.4. The van der Waals surface area contributed by atoms with Gasteiger partial charge in [-0.05, 0) is 62.4 Å². The number of ketones is 2. The second-order valence-electron chi connectivity index (χ2n) is 8.28. The Kier molecular flexibility index (Phi) is 3.17. The van der Waals surface area contributed by atoms with E-state index >= 15 is 0 Å². The minimum Gasteiger partial charge on any atom is -0.395 e. The molecule has 0 amide bonds. The van der Waals surface area contributed by atoms with Gasteiger partial charge < -0.3 is 5.11 Å². The lowest BCUT2D eigenvalue weighted by atomic mass is 9.47. The van der Waals surface area contributed by atoms with Crippen molar-refractivity contribution in [3.8, 4) is 0 Å². The van der Waals surface area contributed by atoms with Gasteiger partial charge in [-0.15, -0.1) is 0 Å². The molecule has 3 fully saturated rings. The number of hydrogen-bond acceptors (Lipinski definition) is 3. The predicted molar refractivity (Wildman–Crippen MR) is 83.1 cm³/mol. The van der Waals surface area contributed by atoms with Gasteiger partial charge in [0, 0.05) is 23.7 Å². The topological polar surface area (TPSA) is 54.4 Å². The van der Waals surface area contributed by atoms with Crippen molar-refractivity contribution >= 4 is 11.6 Å². The zero-order valence-electron chi connectivity index (χ0n) is 13.4. The molecule has 0 aliphatic heterocycles. The number of hydrogen-bond donors (Lipinski definition) is 1. The summed E-state index contributed by atoms with van der Waals surface area (Å²) in [7, 11) is 0. The molecule has 5 atom stereocenters. The third-order valence-electron chi connectivity index (χ3n) is 7.68. The highest BCUT2D eigenvalue weighted by Gasteiger charge is 2.59. The Balaban J connectivity index is 1.73. The molecule has 1 unspecified atom stereocenters. The van der Waals surface area contributed by atoms with E-state index in [4.69, 9.17) is 0 Å². The van der Waals surface area contributed by atoms with E-state index in [9.17, 15) is 14.7 Å². The van der Waals surface area contributed by atoms with E-state index in [1.807, 2.05) is 6.08 Å². The molecule has 0 aromatic heterocycles. The minimum atomic E-state index is -0.163. The van der Waals surface area contributed by atoms with Crippen LogP contribution in [0.15, 0.2) is 11.6 Å². The molecule has 0 radical (unpaired) electrons. The van der Waals surface area contributed by atoms with E-state index in [1.54, 1.807) is 0 Å². The first-order valence-electron chi connectivity index (χ1n) is 8.89. The number of aliphatic hydroxyl groups excluding tert-OH is 1. The Morgan fingerprint density at radius 3 is 2.68 bits per heavy atom. The van der Waals surface area contributed by atoms with E-state index < -0.39 is 0 Å². The smallest absolute Gasteiger partial charge is 0.155 e. The summed E-state index contributed by atoms with van der Waals surface area (Å²) in [6, 6.07) is 0. The molecule has 4 aliphatic carbocycles. The number of carbonyl (C=O) groups excluding carboxylic acids is 2. The van der Waals surface area contributed by atoms with Gasteiger partial charge in [-0.2, -0.15) is 0 Å². The monoisotopic (exact) mass is 302 g/mol. The zero-order valence-corrected chi connectivity index (χ0v) is 13.4. The van der Waals surface area contributed by atoms with Crippen molar-refractivity contribution in [3.63, 3.8) is 0 Å². The van der Waals surface area contributed by atoms with Gasteiger partial charge in [0.1, 0.15) is 5.78 Å². The van der Waals surface area contributed by atoms with Crippen LogP contribution in [0.5, 0.6) is 0 Å². The molecule has 0 aromatic carbocycles. The van der Waals surface area contributed by atoms with Gasteiger partial charge in [0.05, 0.1) is 6.61 Å². The maximum atomic E-state index is 12.4. The summed E-state index contributed by atoms with van der Waals surface area (Å²) in [5, 5.41) is 10.2. The highest BCUT2D eigenvalue weighted by molar-refractivity contribution is 5.91. The molecular formula is C19H26O3. The third kappa shape index (κ3) is 1.72. The summed E-state index contributed by atoms with van der Waals surface area (Å²) in [4.78, 5) is 24.2. The van der Waals surface area contributed by atoms with Crippen LogP contribution in [0, 0.1) is 28.6 Å². The SMILES string of the molecule is C[C@]12CCC3[C@@H](CCC4=CC(=O)CC[C@@]43CO)[C@@H]1CCC2=O. The van der Waals surface area contributed by atoms with Gasteiger partial charge in [-0.3, -0.25) is 9.59 Å². The van der Waals surface area contributed by atoms with Crippen LogP contribution in [-0.4, -0.2) is 23.3 Å². The maximum Gasteiger partial charge on any atom is 0.155 e. The van der Waals surface area contributed by atoms with Crippen LogP contribution < -0.4 is 0 Å². The minimum absolute atomic E-state index is 0.108. The average molecular weight is 302 g/mol. The fraction of sp³-hybridized carbons (Fsp3) is 0.789. The first-order chi connectivity index (χ1) is 10.5. The standard InChI is InChI=1S/C19H26O3/c1-18-8-7-16-14(15(18)4-5-17(18)22)3-2-12-10-13(21)6-9-19(12,16)11-20/h10,14-16,20H,2-9,11H2,1H3/t14-,15-,16?,18-,19+/m0/s1. The van der Waals surface area contributed by atoms with Gasteiger partial charge in [-0.25, -0.2) is 0 Å². The molecule has 3 nitrogen and oxygen atoms in total. The molecule has 0 aromatic rings.